The number of aryl methyl sites for hydroxylation is 1. The third-order valence-electron chi connectivity index (χ3n) is 4.61. The number of hydrogen-bond donors (Lipinski definition) is 1. The van der Waals surface area contributed by atoms with Crippen LogP contribution in [0.5, 0.6) is 0 Å². The smallest absolute Gasteiger partial charge is 0.413 e. The number of rotatable bonds is 3. The Balaban J connectivity index is 0.00000169. The first-order chi connectivity index (χ1) is 11.2. The molecule has 2 aromatic heterocycles. The molecule has 9 heteroatoms. The van der Waals surface area contributed by atoms with E-state index < -0.39 is 6.09 Å². The molecule has 7 nitrogen and oxygen atoms in total. The number of amides is 1. The number of ether oxygens (including phenoxy) is 1. The number of thiazole rings is 1. The molecule has 0 radical (unpaired) electrons. The van der Waals surface area contributed by atoms with E-state index in [0.717, 1.165) is 42.9 Å². The van der Waals surface area contributed by atoms with E-state index >= 15 is 0 Å². The number of carbonyl (C=O) groups is 1. The van der Waals surface area contributed by atoms with Gasteiger partial charge >= 0.3 is 6.09 Å². The van der Waals surface area contributed by atoms with Crippen LogP contribution >= 0.6 is 23.7 Å². The van der Waals surface area contributed by atoms with Gasteiger partial charge in [-0.1, -0.05) is 0 Å². The molecular weight excluding hydrogens is 350 g/mol. The van der Waals surface area contributed by atoms with Crippen molar-refractivity contribution in [1.29, 1.82) is 0 Å². The lowest BCUT2D eigenvalue weighted by atomic mass is 9.86. The summed E-state index contributed by atoms with van der Waals surface area (Å²) >= 11 is 1.47. The van der Waals surface area contributed by atoms with Crippen LogP contribution in [0.1, 0.15) is 12.8 Å². The quantitative estimate of drug-likeness (QED) is 0.900. The topological polar surface area (TPSA) is 72.3 Å². The number of aromatic nitrogens is 3. The summed E-state index contributed by atoms with van der Waals surface area (Å²) in [4.78, 5) is 19.7. The van der Waals surface area contributed by atoms with Gasteiger partial charge in [-0.3, -0.25) is 14.9 Å². The molecular formula is C15H20ClN5O2S. The molecule has 24 heavy (non-hydrogen) atoms. The second kappa shape index (κ2) is 7.08. The van der Waals surface area contributed by atoms with Crippen LogP contribution in [0.15, 0.2) is 17.9 Å². The summed E-state index contributed by atoms with van der Waals surface area (Å²) in [5.74, 6) is 1.04. The van der Waals surface area contributed by atoms with Gasteiger partial charge in [-0.25, -0.2) is 9.78 Å². The first kappa shape index (κ1) is 17.2. The number of piperidine rings is 3. The molecule has 0 spiro atoms. The van der Waals surface area contributed by atoms with Gasteiger partial charge in [0, 0.05) is 25.4 Å². The highest BCUT2D eigenvalue weighted by Gasteiger charge is 2.36. The first-order valence-corrected chi connectivity index (χ1v) is 8.69. The van der Waals surface area contributed by atoms with Gasteiger partial charge in [0.15, 0.2) is 5.82 Å². The molecule has 2 bridgehead atoms. The van der Waals surface area contributed by atoms with Crippen molar-refractivity contribution < 1.29 is 9.53 Å². The Morgan fingerprint density at radius 2 is 2.21 bits per heavy atom. The molecule has 1 N–H and O–H groups in total. The van der Waals surface area contributed by atoms with Gasteiger partial charge in [0.1, 0.15) is 6.10 Å². The van der Waals surface area contributed by atoms with E-state index in [1.54, 1.807) is 16.4 Å². The van der Waals surface area contributed by atoms with Gasteiger partial charge in [-0.15, -0.1) is 23.7 Å². The monoisotopic (exact) mass is 369 g/mol. The van der Waals surface area contributed by atoms with Crippen LogP contribution in [0.4, 0.5) is 10.6 Å². The Kier molecular flexibility index (Phi) is 5.07. The minimum Gasteiger partial charge on any atom is -0.444 e. The van der Waals surface area contributed by atoms with E-state index in [1.807, 2.05) is 13.2 Å². The highest BCUT2D eigenvalue weighted by molar-refractivity contribution is 7.13. The van der Waals surface area contributed by atoms with E-state index in [4.69, 9.17) is 4.74 Å². The van der Waals surface area contributed by atoms with Gasteiger partial charge in [0.2, 0.25) is 0 Å². The lowest BCUT2D eigenvalue weighted by molar-refractivity contribution is -0.0290. The number of fused-ring (bicyclic) bond motifs is 3. The highest BCUT2D eigenvalue weighted by atomic mass is 35.5. The number of halogens is 1. The number of carbonyl (C=O) groups excluding carboxylic acids is 1. The molecule has 0 unspecified atom stereocenters. The summed E-state index contributed by atoms with van der Waals surface area (Å²) in [6.45, 7) is 3.11. The molecule has 0 aliphatic carbocycles. The van der Waals surface area contributed by atoms with Crippen molar-refractivity contribution >= 4 is 35.7 Å². The van der Waals surface area contributed by atoms with Crippen LogP contribution in [0.25, 0.3) is 10.4 Å². The second-order valence-electron chi connectivity index (χ2n) is 6.14. The van der Waals surface area contributed by atoms with Crippen molar-refractivity contribution in [1.82, 2.24) is 19.7 Å². The van der Waals surface area contributed by atoms with Gasteiger partial charge in [-0.2, -0.15) is 5.10 Å². The fraction of sp³-hybridized carbons (Fsp3) is 0.533. The molecule has 130 valence electrons. The van der Waals surface area contributed by atoms with Crippen molar-refractivity contribution in [3.8, 4) is 10.4 Å². The number of anilines is 1. The molecule has 3 saturated heterocycles. The molecule has 3 fully saturated rings. The van der Waals surface area contributed by atoms with E-state index in [-0.39, 0.29) is 18.5 Å². The third kappa shape index (κ3) is 3.40. The highest BCUT2D eigenvalue weighted by Crippen LogP contribution is 2.32. The molecule has 3 aliphatic heterocycles. The fourth-order valence-electron chi connectivity index (χ4n) is 3.39. The Bertz CT molecular complexity index is 710. The molecule has 0 aromatic carbocycles. The van der Waals surface area contributed by atoms with Crippen LogP contribution in [0.2, 0.25) is 0 Å². The maximum Gasteiger partial charge on any atom is 0.413 e. The van der Waals surface area contributed by atoms with Gasteiger partial charge in [0.05, 0.1) is 16.6 Å². The molecule has 0 saturated carbocycles. The number of nitrogens with one attached hydrogen (secondary N) is 1. The maximum atomic E-state index is 12.2. The third-order valence-corrected chi connectivity index (χ3v) is 5.49. The summed E-state index contributed by atoms with van der Waals surface area (Å²) in [6, 6.07) is 0. The molecule has 5 heterocycles. The van der Waals surface area contributed by atoms with Crippen LogP contribution in [0, 0.1) is 5.92 Å². The van der Waals surface area contributed by atoms with Crippen LogP contribution < -0.4 is 5.32 Å². The zero-order valence-corrected chi connectivity index (χ0v) is 15.0. The fourth-order valence-corrected chi connectivity index (χ4v) is 4.11. The van der Waals surface area contributed by atoms with Crippen LogP contribution in [0.3, 0.4) is 0 Å². The lowest BCUT2D eigenvalue weighted by Gasteiger charge is -2.43. The molecule has 2 aromatic rings. The zero-order chi connectivity index (χ0) is 15.8. The Morgan fingerprint density at radius 1 is 1.42 bits per heavy atom. The zero-order valence-electron chi connectivity index (χ0n) is 13.3. The Labute approximate surface area is 150 Å². The van der Waals surface area contributed by atoms with Crippen LogP contribution in [-0.2, 0) is 11.8 Å². The summed E-state index contributed by atoms with van der Waals surface area (Å²) in [5.41, 5.74) is 2.65. The Morgan fingerprint density at radius 3 is 2.83 bits per heavy atom. The minimum absolute atomic E-state index is 0. The van der Waals surface area contributed by atoms with Gasteiger partial charge in [-0.05, 0) is 31.8 Å². The summed E-state index contributed by atoms with van der Waals surface area (Å²) in [5, 5.41) is 6.95. The van der Waals surface area contributed by atoms with Crippen LogP contribution in [-0.4, -0.2) is 51.5 Å². The predicted octanol–water partition coefficient (Wildman–Crippen LogP) is 2.61. The van der Waals surface area contributed by atoms with Crippen molar-refractivity contribution in [2.24, 2.45) is 13.0 Å². The normalized spacial score (nSPS) is 25.1. The average molecular weight is 370 g/mol. The summed E-state index contributed by atoms with van der Waals surface area (Å²) in [6.07, 6.45) is 5.48. The molecule has 3 aliphatic rings. The SMILES string of the molecule is Cl.Cn1cc(-c2scnc2NC(=O)O[C@H]2CN3CCC2CC3)cn1. The predicted molar refractivity (Wildman–Crippen MR) is 94.6 cm³/mol. The average Bonchev–Trinajstić information content (AvgIpc) is 3.17. The van der Waals surface area contributed by atoms with Crippen molar-refractivity contribution in [3.05, 3.63) is 17.9 Å². The van der Waals surface area contributed by atoms with E-state index in [2.05, 4.69) is 20.3 Å². The van der Waals surface area contributed by atoms with E-state index in [9.17, 15) is 4.79 Å². The number of hydrogen-bond acceptors (Lipinski definition) is 6. The minimum atomic E-state index is -0.417. The standard InChI is InChI=1S/C15H19N5O2S.ClH/c1-19-7-11(6-17-19)13-14(16-9-23-13)18-15(21)22-12-8-20-4-2-10(12)3-5-20;/h6-7,9-10,12H,2-5,8H2,1H3,(H,18,21);1H/t12-;/m0./s1. The van der Waals surface area contributed by atoms with Crippen molar-refractivity contribution in [3.63, 3.8) is 0 Å². The van der Waals surface area contributed by atoms with Crippen molar-refractivity contribution in [2.45, 2.75) is 18.9 Å². The molecule has 1 atom stereocenters. The first-order valence-electron chi connectivity index (χ1n) is 7.81. The maximum absolute atomic E-state index is 12.2. The van der Waals surface area contributed by atoms with E-state index in [1.165, 1.54) is 11.3 Å². The Hall–Kier alpha value is -1.64. The summed E-state index contributed by atoms with van der Waals surface area (Å²) in [7, 11) is 1.86. The molecule has 1 amide bonds. The molecule has 5 rings (SSSR count). The van der Waals surface area contributed by atoms with Crippen molar-refractivity contribution in [2.75, 3.05) is 25.0 Å². The largest absolute Gasteiger partial charge is 0.444 e. The summed E-state index contributed by atoms with van der Waals surface area (Å²) < 4.78 is 7.37. The van der Waals surface area contributed by atoms with Gasteiger partial charge in [0.25, 0.3) is 0 Å². The number of nitrogens with zero attached hydrogens (tertiary/aromatic N) is 4. The lowest BCUT2D eigenvalue weighted by Crippen LogP contribution is -2.52. The van der Waals surface area contributed by atoms with E-state index in [0.29, 0.717) is 11.7 Å². The second-order valence-corrected chi connectivity index (χ2v) is 6.99. The van der Waals surface area contributed by atoms with Gasteiger partial charge < -0.3 is 4.74 Å².